The van der Waals surface area contributed by atoms with Crippen LogP contribution in [0.15, 0.2) is 60.0 Å². The summed E-state index contributed by atoms with van der Waals surface area (Å²) in [5.41, 5.74) is 0.927. The third-order valence-electron chi connectivity index (χ3n) is 5.53. The normalized spacial score (nSPS) is 20.7. The topological polar surface area (TPSA) is 78.5 Å². The largest absolute Gasteiger partial charge is 0.324 e. The zero-order valence-electron chi connectivity index (χ0n) is 17.1. The van der Waals surface area contributed by atoms with E-state index in [4.69, 9.17) is 11.6 Å². The van der Waals surface area contributed by atoms with Gasteiger partial charge in [-0.15, -0.1) is 11.3 Å². The number of carbonyl (C=O) groups excluding carboxylic acids is 1. The van der Waals surface area contributed by atoms with Crippen LogP contribution in [-0.4, -0.2) is 32.2 Å². The van der Waals surface area contributed by atoms with Gasteiger partial charge in [-0.3, -0.25) is 4.79 Å². The van der Waals surface area contributed by atoms with Crippen molar-refractivity contribution in [2.75, 3.05) is 18.9 Å². The van der Waals surface area contributed by atoms with Crippen molar-refractivity contribution in [1.82, 2.24) is 9.03 Å². The van der Waals surface area contributed by atoms with E-state index >= 15 is 0 Å². The minimum atomic E-state index is -3.88. The molecule has 3 aromatic rings. The Morgan fingerprint density at radius 3 is 2.69 bits per heavy atom. The molecule has 1 atom stereocenters. The number of amides is 1. The standard InChI is InChI=1S/C22H21ClFN3O3S2/c1-27-22(9-10-25-32(27,29)30,21(28)26-17-7-8-19(24)18(23)13-17)20-12-16(14-31-20)11-15-5-3-2-4-6-15/h2-8,12-14,25H,9-11H2,1H3,(H,26,28). The third kappa shape index (κ3) is 4.31. The van der Waals surface area contributed by atoms with E-state index in [1.54, 1.807) is 0 Å². The summed E-state index contributed by atoms with van der Waals surface area (Å²) >= 11 is 7.19. The number of anilines is 1. The Hall–Kier alpha value is -2.30. The van der Waals surface area contributed by atoms with Crippen LogP contribution in [0, 0.1) is 5.82 Å². The molecule has 2 aromatic carbocycles. The minimum absolute atomic E-state index is 0.107. The van der Waals surface area contributed by atoms with Crippen LogP contribution in [0.5, 0.6) is 0 Å². The second-order valence-corrected chi connectivity index (χ2v) is 10.6. The van der Waals surface area contributed by atoms with Crippen molar-refractivity contribution in [3.8, 4) is 0 Å². The molecule has 1 aliphatic rings. The van der Waals surface area contributed by atoms with Gasteiger partial charge in [0.15, 0.2) is 5.54 Å². The van der Waals surface area contributed by atoms with E-state index < -0.39 is 27.5 Å². The van der Waals surface area contributed by atoms with Gasteiger partial charge in [0.05, 0.1) is 5.02 Å². The van der Waals surface area contributed by atoms with Crippen molar-refractivity contribution in [3.05, 3.63) is 86.8 Å². The molecule has 1 unspecified atom stereocenters. The first-order valence-electron chi connectivity index (χ1n) is 9.84. The number of nitrogens with zero attached hydrogens (tertiary/aromatic N) is 1. The number of thiophene rings is 1. The van der Waals surface area contributed by atoms with Crippen LogP contribution in [0.3, 0.4) is 0 Å². The molecule has 32 heavy (non-hydrogen) atoms. The van der Waals surface area contributed by atoms with Gasteiger partial charge in [0.1, 0.15) is 5.82 Å². The van der Waals surface area contributed by atoms with Crippen LogP contribution < -0.4 is 10.0 Å². The number of hydrogen-bond acceptors (Lipinski definition) is 4. The van der Waals surface area contributed by atoms with Gasteiger partial charge in [0, 0.05) is 24.2 Å². The van der Waals surface area contributed by atoms with Crippen molar-refractivity contribution in [2.45, 2.75) is 18.4 Å². The second kappa shape index (κ2) is 8.92. The van der Waals surface area contributed by atoms with Crippen LogP contribution in [-0.2, 0) is 27.0 Å². The summed E-state index contributed by atoms with van der Waals surface area (Å²) in [4.78, 5) is 14.2. The van der Waals surface area contributed by atoms with Crippen LogP contribution >= 0.6 is 22.9 Å². The van der Waals surface area contributed by atoms with Crippen molar-refractivity contribution >= 4 is 44.7 Å². The molecule has 6 nitrogen and oxygen atoms in total. The molecule has 168 valence electrons. The number of rotatable bonds is 5. The predicted octanol–water partition coefficient (Wildman–Crippen LogP) is 4.14. The molecule has 2 heterocycles. The zero-order chi connectivity index (χ0) is 22.9. The molecule has 0 bridgehead atoms. The van der Waals surface area contributed by atoms with Gasteiger partial charge >= 0.3 is 0 Å². The Morgan fingerprint density at radius 2 is 1.97 bits per heavy atom. The summed E-state index contributed by atoms with van der Waals surface area (Å²) in [5.74, 6) is -1.13. The second-order valence-electron chi connectivity index (χ2n) is 7.54. The van der Waals surface area contributed by atoms with Crippen LogP contribution in [0.1, 0.15) is 22.4 Å². The van der Waals surface area contributed by atoms with E-state index in [0.717, 1.165) is 21.5 Å². The first-order valence-corrected chi connectivity index (χ1v) is 12.5. The van der Waals surface area contributed by atoms with Crippen LogP contribution in [0.2, 0.25) is 5.02 Å². The zero-order valence-corrected chi connectivity index (χ0v) is 19.5. The molecule has 0 saturated carbocycles. The Bertz CT molecular complexity index is 1250. The molecule has 1 fully saturated rings. The van der Waals surface area contributed by atoms with Gasteiger partial charge in [-0.1, -0.05) is 41.9 Å². The number of nitrogens with one attached hydrogen (secondary N) is 2. The highest BCUT2D eigenvalue weighted by atomic mass is 35.5. The maximum absolute atomic E-state index is 13.6. The molecule has 1 aliphatic heterocycles. The Labute approximate surface area is 195 Å². The van der Waals surface area contributed by atoms with Crippen molar-refractivity contribution in [3.63, 3.8) is 0 Å². The molecule has 1 aromatic heterocycles. The smallest absolute Gasteiger partial charge is 0.280 e. The van der Waals surface area contributed by atoms with E-state index in [1.165, 1.54) is 30.5 Å². The lowest BCUT2D eigenvalue weighted by molar-refractivity contribution is -0.126. The van der Waals surface area contributed by atoms with Crippen LogP contribution in [0.4, 0.5) is 10.1 Å². The van der Waals surface area contributed by atoms with Gasteiger partial charge in [-0.05, 0) is 53.6 Å². The average molecular weight is 494 g/mol. The monoisotopic (exact) mass is 493 g/mol. The SMILES string of the molecule is CN1C(C(=O)Nc2ccc(F)c(Cl)c2)(c2cc(Cc3ccccc3)cs2)CCNS1(=O)=O. The lowest BCUT2D eigenvalue weighted by Gasteiger charge is -2.42. The fourth-order valence-electron chi connectivity index (χ4n) is 3.79. The summed E-state index contributed by atoms with van der Waals surface area (Å²) in [7, 11) is -2.49. The molecule has 0 spiro atoms. The van der Waals surface area contributed by atoms with E-state index in [0.29, 0.717) is 11.3 Å². The Kier molecular flexibility index (Phi) is 6.37. The number of carbonyl (C=O) groups is 1. The summed E-state index contributed by atoms with van der Waals surface area (Å²) in [6.45, 7) is 0.107. The number of hydrogen-bond donors (Lipinski definition) is 2. The molecule has 0 radical (unpaired) electrons. The molecule has 10 heteroatoms. The van der Waals surface area contributed by atoms with Gasteiger partial charge in [-0.2, -0.15) is 12.7 Å². The number of halogens is 2. The third-order valence-corrected chi connectivity index (χ3v) is 8.56. The predicted molar refractivity (Wildman–Crippen MR) is 125 cm³/mol. The summed E-state index contributed by atoms with van der Waals surface area (Å²) in [6, 6.07) is 15.6. The first-order chi connectivity index (χ1) is 15.2. The Morgan fingerprint density at radius 1 is 1.22 bits per heavy atom. The average Bonchev–Trinajstić information content (AvgIpc) is 3.22. The van der Waals surface area contributed by atoms with Crippen molar-refractivity contribution < 1.29 is 17.6 Å². The summed E-state index contributed by atoms with van der Waals surface area (Å²) in [5, 5.41) is 4.53. The summed E-state index contributed by atoms with van der Waals surface area (Å²) < 4.78 is 42.5. The molecular formula is C22H21ClFN3O3S2. The van der Waals surface area contributed by atoms with Crippen molar-refractivity contribution in [2.24, 2.45) is 0 Å². The van der Waals surface area contributed by atoms with E-state index in [1.807, 2.05) is 41.8 Å². The van der Waals surface area contributed by atoms with Crippen LogP contribution in [0.25, 0.3) is 0 Å². The molecule has 1 amide bonds. The maximum Gasteiger partial charge on any atom is 0.280 e. The van der Waals surface area contributed by atoms with Gasteiger partial charge in [0.2, 0.25) is 0 Å². The molecule has 1 saturated heterocycles. The lowest BCUT2D eigenvalue weighted by Crippen LogP contribution is -2.62. The highest BCUT2D eigenvalue weighted by molar-refractivity contribution is 7.87. The molecule has 2 N–H and O–H groups in total. The molecule has 4 rings (SSSR count). The van der Waals surface area contributed by atoms with Gasteiger partial charge in [0.25, 0.3) is 16.1 Å². The number of likely N-dealkylation sites (N-methyl/N-ethyl adjacent to an activating group) is 1. The minimum Gasteiger partial charge on any atom is -0.324 e. The summed E-state index contributed by atoms with van der Waals surface area (Å²) in [6.07, 6.45) is 0.895. The van der Waals surface area contributed by atoms with Gasteiger partial charge < -0.3 is 5.32 Å². The number of benzene rings is 2. The first kappa shape index (κ1) is 22.9. The van der Waals surface area contributed by atoms with Gasteiger partial charge in [-0.25, -0.2) is 9.11 Å². The highest BCUT2D eigenvalue weighted by Gasteiger charge is 2.52. The fourth-order valence-corrected chi connectivity index (χ4v) is 6.44. The quantitative estimate of drug-likeness (QED) is 0.561. The molecule has 0 aliphatic carbocycles. The molecular weight excluding hydrogens is 473 g/mol. The van der Waals surface area contributed by atoms with E-state index in [2.05, 4.69) is 10.0 Å². The van der Waals surface area contributed by atoms with Crippen molar-refractivity contribution in [1.29, 1.82) is 0 Å². The van der Waals surface area contributed by atoms with E-state index in [-0.39, 0.29) is 23.7 Å². The fraction of sp³-hybridized carbons (Fsp3) is 0.227. The van der Waals surface area contributed by atoms with E-state index in [9.17, 15) is 17.6 Å². The highest BCUT2D eigenvalue weighted by Crippen LogP contribution is 2.40. The maximum atomic E-state index is 13.6. The lowest BCUT2D eigenvalue weighted by atomic mass is 9.90. The Balaban J connectivity index is 1.72.